The normalized spacial score (nSPS) is 23.4. The summed E-state index contributed by atoms with van der Waals surface area (Å²) in [6.45, 7) is 0.490. The van der Waals surface area contributed by atoms with Crippen molar-refractivity contribution in [3.63, 3.8) is 0 Å². The van der Waals surface area contributed by atoms with Crippen molar-refractivity contribution < 1.29 is 9.90 Å². The fourth-order valence-electron chi connectivity index (χ4n) is 3.68. The maximum atomic E-state index is 11.3. The van der Waals surface area contributed by atoms with Crippen LogP contribution in [0.5, 0.6) is 0 Å². The molecule has 0 atom stereocenters. The van der Waals surface area contributed by atoms with Crippen LogP contribution in [0.1, 0.15) is 31.2 Å². The van der Waals surface area contributed by atoms with E-state index in [9.17, 15) is 9.90 Å². The Morgan fingerprint density at radius 1 is 1.29 bits per heavy atom. The molecule has 1 fully saturated rings. The van der Waals surface area contributed by atoms with Crippen molar-refractivity contribution in [2.75, 3.05) is 6.54 Å². The van der Waals surface area contributed by atoms with Crippen LogP contribution in [0.4, 0.5) is 0 Å². The summed E-state index contributed by atoms with van der Waals surface area (Å²) in [6, 6.07) is 8.13. The van der Waals surface area contributed by atoms with Gasteiger partial charge in [-0.3, -0.25) is 9.79 Å². The van der Waals surface area contributed by atoms with E-state index in [-0.39, 0.29) is 29.7 Å². The van der Waals surface area contributed by atoms with E-state index < -0.39 is 5.97 Å². The molecule has 24 heavy (non-hydrogen) atoms. The second-order valence-corrected chi connectivity index (χ2v) is 6.38. The highest BCUT2D eigenvalue weighted by molar-refractivity contribution is 5.85. The van der Waals surface area contributed by atoms with Crippen LogP contribution in [0.25, 0.3) is 10.9 Å². The highest BCUT2D eigenvalue weighted by Gasteiger charge is 2.40. The fourth-order valence-corrected chi connectivity index (χ4v) is 3.68. The number of nitrogens with one attached hydrogen (secondary N) is 1. The molecule has 3 rings (SSSR count). The highest BCUT2D eigenvalue weighted by atomic mass is 35.5. The Kier molecular flexibility index (Phi) is 5.39. The number of benzene rings is 1. The minimum atomic E-state index is -0.709. The molecule has 1 aliphatic rings. The fraction of sp³-hybridized carbons (Fsp3) is 0.412. The summed E-state index contributed by atoms with van der Waals surface area (Å²) in [5.41, 5.74) is 13.1. The van der Waals surface area contributed by atoms with E-state index in [4.69, 9.17) is 11.5 Å². The number of carboxylic acid groups (broad SMARTS) is 1. The highest BCUT2D eigenvalue weighted by Crippen LogP contribution is 2.44. The van der Waals surface area contributed by atoms with Gasteiger partial charge in [0, 0.05) is 22.5 Å². The van der Waals surface area contributed by atoms with Gasteiger partial charge in [-0.05, 0) is 37.3 Å². The molecule has 6 N–H and O–H groups in total. The number of guanidine groups is 1. The number of aliphatic imine (C=N–C) groups is 1. The predicted octanol–water partition coefficient (Wildman–Crippen LogP) is 2.38. The molecule has 0 bridgehead atoms. The van der Waals surface area contributed by atoms with E-state index in [1.54, 1.807) is 0 Å². The van der Waals surface area contributed by atoms with Crippen LogP contribution in [-0.4, -0.2) is 28.6 Å². The molecule has 7 heteroatoms. The Labute approximate surface area is 146 Å². The molecule has 1 heterocycles. The average Bonchev–Trinajstić information content (AvgIpc) is 2.98. The molecule has 0 aliphatic heterocycles. The van der Waals surface area contributed by atoms with E-state index in [2.05, 4.69) is 16.0 Å². The number of para-hydroxylation sites is 1. The van der Waals surface area contributed by atoms with Crippen molar-refractivity contribution in [2.24, 2.45) is 22.4 Å². The standard InChI is InChI=1S/C17H22N4O2.ClH/c18-16(19)21-10-17(7-5-11(6-8-17)15(22)23)13-9-20-14-4-2-1-3-12(13)14;/h1-4,9,11,20H,5-8,10H2,(H,22,23)(H4,18,19,21);1H. The van der Waals surface area contributed by atoms with Crippen molar-refractivity contribution in [1.82, 2.24) is 4.98 Å². The number of carboxylic acids is 1. The Morgan fingerprint density at radius 2 is 1.96 bits per heavy atom. The maximum Gasteiger partial charge on any atom is 0.306 e. The van der Waals surface area contributed by atoms with E-state index in [0.29, 0.717) is 19.4 Å². The number of hydrogen-bond donors (Lipinski definition) is 4. The van der Waals surface area contributed by atoms with Crippen LogP contribution in [0, 0.1) is 5.92 Å². The van der Waals surface area contributed by atoms with Gasteiger partial charge >= 0.3 is 5.97 Å². The lowest BCUT2D eigenvalue weighted by Crippen LogP contribution is -2.38. The predicted molar refractivity (Wildman–Crippen MR) is 97.5 cm³/mol. The van der Waals surface area contributed by atoms with Crippen LogP contribution in [-0.2, 0) is 10.2 Å². The molecule has 0 radical (unpaired) electrons. The Morgan fingerprint density at radius 3 is 2.58 bits per heavy atom. The molecular formula is C17H23ClN4O2. The van der Waals surface area contributed by atoms with Gasteiger partial charge in [0.1, 0.15) is 0 Å². The van der Waals surface area contributed by atoms with Crippen molar-refractivity contribution in [3.05, 3.63) is 36.0 Å². The summed E-state index contributed by atoms with van der Waals surface area (Å²) in [5.74, 6) is -0.906. The summed E-state index contributed by atoms with van der Waals surface area (Å²) in [5, 5.41) is 10.4. The zero-order chi connectivity index (χ0) is 16.4. The van der Waals surface area contributed by atoms with E-state index in [0.717, 1.165) is 23.7 Å². The lowest BCUT2D eigenvalue weighted by molar-refractivity contribution is -0.143. The van der Waals surface area contributed by atoms with Crippen molar-refractivity contribution in [2.45, 2.75) is 31.1 Å². The monoisotopic (exact) mass is 350 g/mol. The quantitative estimate of drug-likeness (QED) is 0.500. The lowest BCUT2D eigenvalue weighted by Gasteiger charge is -2.38. The number of aromatic amines is 1. The molecule has 0 unspecified atom stereocenters. The molecule has 2 aromatic rings. The number of carbonyl (C=O) groups is 1. The van der Waals surface area contributed by atoms with Crippen LogP contribution in [0.15, 0.2) is 35.5 Å². The summed E-state index contributed by atoms with van der Waals surface area (Å²) in [4.78, 5) is 18.8. The zero-order valence-corrected chi connectivity index (χ0v) is 14.2. The molecule has 1 saturated carbocycles. The van der Waals surface area contributed by atoms with Gasteiger partial charge in [0.25, 0.3) is 0 Å². The van der Waals surface area contributed by atoms with E-state index in [1.807, 2.05) is 24.4 Å². The molecule has 130 valence electrons. The third-order valence-corrected chi connectivity index (χ3v) is 5.02. The first kappa shape index (κ1) is 18.1. The summed E-state index contributed by atoms with van der Waals surface area (Å²) in [6.07, 6.45) is 4.85. The largest absolute Gasteiger partial charge is 0.481 e. The number of H-pyrrole nitrogens is 1. The van der Waals surface area contributed by atoms with Crippen molar-refractivity contribution in [1.29, 1.82) is 0 Å². The summed E-state index contributed by atoms with van der Waals surface area (Å²) < 4.78 is 0. The van der Waals surface area contributed by atoms with Gasteiger partial charge in [-0.2, -0.15) is 0 Å². The van der Waals surface area contributed by atoms with Crippen LogP contribution < -0.4 is 11.5 Å². The second kappa shape index (κ2) is 7.13. The van der Waals surface area contributed by atoms with Gasteiger partial charge < -0.3 is 21.6 Å². The van der Waals surface area contributed by atoms with Crippen molar-refractivity contribution in [3.8, 4) is 0 Å². The Bertz CT molecular complexity index is 744. The number of nitrogens with two attached hydrogens (primary N) is 2. The third-order valence-electron chi connectivity index (χ3n) is 5.02. The number of fused-ring (bicyclic) bond motifs is 1. The van der Waals surface area contributed by atoms with E-state index >= 15 is 0 Å². The van der Waals surface area contributed by atoms with Crippen LogP contribution in [0.3, 0.4) is 0 Å². The van der Waals surface area contributed by atoms with Crippen LogP contribution in [0.2, 0.25) is 0 Å². The zero-order valence-electron chi connectivity index (χ0n) is 13.4. The van der Waals surface area contributed by atoms with Gasteiger partial charge in [0.2, 0.25) is 0 Å². The minimum absolute atomic E-state index is 0. The number of aliphatic carboxylic acids is 1. The topological polar surface area (TPSA) is 117 Å². The first-order valence-electron chi connectivity index (χ1n) is 7.87. The number of halogens is 1. The number of hydrogen-bond acceptors (Lipinski definition) is 2. The van der Waals surface area contributed by atoms with Gasteiger partial charge in [-0.15, -0.1) is 12.4 Å². The summed E-state index contributed by atoms with van der Waals surface area (Å²) >= 11 is 0. The summed E-state index contributed by atoms with van der Waals surface area (Å²) in [7, 11) is 0. The maximum absolute atomic E-state index is 11.3. The smallest absolute Gasteiger partial charge is 0.306 e. The number of nitrogens with zero attached hydrogens (tertiary/aromatic N) is 1. The molecule has 1 aliphatic carbocycles. The average molecular weight is 351 g/mol. The molecular weight excluding hydrogens is 328 g/mol. The molecule has 1 aromatic heterocycles. The number of rotatable bonds is 4. The van der Waals surface area contributed by atoms with Crippen LogP contribution >= 0.6 is 12.4 Å². The van der Waals surface area contributed by atoms with Gasteiger partial charge in [-0.25, -0.2) is 0 Å². The van der Waals surface area contributed by atoms with Crippen molar-refractivity contribution >= 4 is 35.2 Å². The number of aromatic nitrogens is 1. The molecule has 1 aromatic carbocycles. The molecule has 0 saturated heterocycles. The van der Waals surface area contributed by atoms with Gasteiger partial charge in [-0.1, -0.05) is 18.2 Å². The second-order valence-electron chi connectivity index (χ2n) is 6.38. The Balaban J connectivity index is 0.00000208. The minimum Gasteiger partial charge on any atom is -0.481 e. The van der Waals surface area contributed by atoms with E-state index in [1.165, 1.54) is 5.56 Å². The Hall–Kier alpha value is -2.21. The third kappa shape index (κ3) is 3.33. The lowest BCUT2D eigenvalue weighted by atomic mass is 9.66. The molecule has 0 amide bonds. The van der Waals surface area contributed by atoms with Gasteiger partial charge in [0.05, 0.1) is 12.5 Å². The van der Waals surface area contributed by atoms with Gasteiger partial charge in [0.15, 0.2) is 5.96 Å². The molecule has 6 nitrogen and oxygen atoms in total. The first-order valence-corrected chi connectivity index (χ1v) is 7.87. The first-order chi connectivity index (χ1) is 11.0. The molecule has 0 spiro atoms. The SMILES string of the molecule is Cl.NC(N)=NCC1(c2c[nH]c3ccccc23)CCC(C(=O)O)CC1.